The normalized spacial score (nSPS) is 13.6. The molecule has 25 heavy (non-hydrogen) atoms. The number of guanidine groups is 1. The molecule has 6 nitrogen and oxygen atoms in total. The second kappa shape index (κ2) is 8.67. The first kappa shape index (κ1) is 17.5. The highest BCUT2D eigenvalue weighted by Crippen LogP contribution is 2.38. The highest BCUT2D eigenvalue weighted by molar-refractivity contribution is 6.32. The molecule has 7 heteroatoms. The van der Waals surface area contributed by atoms with Crippen LogP contribution in [0.5, 0.6) is 11.5 Å². The smallest absolute Gasteiger partial charge is 0.191 e. The molecule has 1 aliphatic rings. The summed E-state index contributed by atoms with van der Waals surface area (Å²) in [7, 11) is 1.75. The van der Waals surface area contributed by atoms with Gasteiger partial charge in [0.1, 0.15) is 19.0 Å². The predicted molar refractivity (Wildman–Crippen MR) is 97.9 cm³/mol. The van der Waals surface area contributed by atoms with Crippen LogP contribution in [0.15, 0.2) is 39.9 Å². The zero-order valence-electron chi connectivity index (χ0n) is 14.2. The van der Waals surface area contributed by atoms with Crippen molar-refractivity contribution < 1.29 is 13.9 Å². The fourth-order valence-corrected chi connectivity index (χ4v) is 2.90. The number of ether oxygens (including phenoxy) is 2. The highest BCUT2D eigenvalue weighted by Gasteiger charge is 2.16. The summed E-state index contributed by atoms with van der Waals surface area (Å²) >= 11 is 6.26. The van der Waals surface area contributed by atoms with Gasteiger partial charge in [-0.05, 0) is 36.2 Å². The Hall–Kier alpha value is -2.34. The van der Waals surface area contributed by atoms with Crippen LogP contribution in [0.3, 0.4) is 0 Å². The van der Waals surface area contributed by atoms with Crippen molar-refractivity contribution in [2.45, 2.75) is 12.8 Å². The van der Waals surface area contributed by atoms with Crippen molar-refractivity contribution in [1.29, 1.82) is 0 Å². The lowest BCUT2D eigenvalue weighted by atomic mass is 10.1. The minimum Gasteiger partial charge on any atom is -0.486 e. The van der Waals surface area contributed by atoms with Gasteiger partial charge < -0.3 is 24.5 Å². The van der Waals surface area contributed by atoms with Gasteiger partial charge in [-0.3, -0.25) is 4.99 Å². The Morgan fingerprint density at radius 2 is 1.96 bits per heavy atom. The summed E-state index contributed by atoms with van der Waals surface area (Å²) < 4.78 is 16.5. The van der Waals surface area contributed by atoms with Crippen LogP contribution in [0.25, 0.3) is 0 Å². The van der Waals surface area contributed by atoms with Gasteiger partial charge in [-0.2, -0.15) is 0 Å². The van der Waals surface area contributed by atoms with E-state index in [1.165, 1.54) is 0 Å². The summed E-state index contributed by atoms with van der Waals surface area (Å²) in [6.45, 7) is 2.57. The summed E-state index contributed by atoms with van der Waals surface area (Å²) in [5, 5.41) is 7.14. The maximum atomic E-state index is 6.26. The van der Waals surface area contributed by atoms with E-state index in [1.54, 1.807) is 13.3 Å². The van der Waals surface area contributed by atoms with Crippen LogP contribution in [0.2, 0.25) is 5.02 Å². The van der Waals surface area contributed by atoms with Gasteiger partial charge in [-0.1, -0.05) is 11.6 Å². The Kier molecular flexibility index (Phi) is 6.06. The van der Waals surface area contributed by atoms with Gasteiger partial charge >= 0.3 is 0 Å². The van der Waals surface area contributed by atoms with Crippen LogP contribution in [-0.4, -0.2) is 39.3 Å². The van der Waals surface area contributed by atoms with E-state index in [0.29, 0.717) is 24.0 Å². The summed E-state index contributed by atoms with van der Waals surface area (Å²) in [5.41, 5.74) is 1.09. The van der Waals surface area contributed by atoms with Gasteiger partial charge in [0.2, 0.25) is 0 Å². The first-order valence-corrected chi connectivity index (χ1v) is 8.69. The monoisotopic (exact) mass is 363 g/mol. The summed E-state index contributed by atoms with van der Waals surface area (Å²) in [6.07, 6.45) is 3.29. The van der Waals surface area contributed by atoms with Crippen molar-refractivity contribution in [3.63, 3.8) is 0 Å². The fraction of sp³-hybridized carbons (Fsp3) is 0.389. The van der Waals surface area contributed by atoms with Gasteiger partial charge in [0.15, 0.2) is 17.5 Å². The predicted octanol–water partition coefficient (Wildman–Crippen LogP) is 2.65. The van der Waals surface area contributed by atoms with Crippen LogP contribution in [-0.2, 0) is 12.8 Å². The molecule has 0 saturated heterocycles. The molecule has 0 spiro atoms. The molecular formula is C18H22ClN3O3. The largest absolute Gasteiger partial charge is 0.486 e. The first-order chi connectivity index (χ1) is 12.3. The van der Waals surface area contributed by atoms with E-state index in [-0.39, 0.29) is 0 Å². The zero-order chi connectivity index (χ0) is 17.5. The molecule has 0 aliphatic carbocycles. The van der Waals surface area contributed by atoms with Crippen LogP contribution >= 0.6 is 11.6 Å². The molecule has 0 radical (unpaired) electrons. The van der Waals surface area contributed by atoms with Gasteiger partial charge in [0.25, 0.3) is 0 Å². The van der Waals surface area contributed by atoms with Gasteiger partial charge in [-0.15, -0.1) is 0 Å². The Morgan fingerprint density at radius 1 is 1.16 bits per heavy atom. The maximum absolute atomic E-state index is 6.26. The molecule has 0 fully saturated rings. The molecule has 0 amide bonds. The van der Waals surface area contributed by atoms with Crippen LogP contribution in [0.1, 0.15) is 11.3 Å². The van der Waals surface area contributed by atoms with Crippen molar-refractivity contribution in [2.75, 3.05) is 33.4 Å². The molecule has 3 rings (SSSR count). The van der Waals surface area contributed by atoms with E-state index >= 15 is 0 Å². The third-order valence-corrected chi connectivity index (χ3v) is 4.11. The minimum absolute atomic E-state index is 0.535. The topological polar surface area (TPSA) is 68.0 Å². The number of nitrogens with zero attached hydrogens (tertiary/aromatic N) is 1. The van der Waals surface area contributed by atoms with E-state index in [0.717, 1.165) is 49.0 Å². The molecule has 0 saturated carbocycles. The molecule has 1 aliphatic heterocycles. The van der Waals surface area contributed by atoms with Crippen molar-refractivity contribution in [3.05, 3.63) is 46.9 Å². The second-order valence-corrected chi connectivity index (χ2v) is 6.01. The molecule has 0 unspecified atom stereocenters. The van der Waals surface area contributed by atoms with Crippen molar-refractivity contribution >= 4 is 17.6 Å². The molecular weight excluding hydrogens is 342 g/mol. The molecule has 2 aromatic rings. The lowest BCUT2D eigenvalue weighted by Gasteiger charge is -2.20. The molecule has 0 atom stereocenters. The summed E-state index contributed by atoms with van der Waals surface area (Å²) in [6, 6.07) is 7.75. The number of furan rings is 1. The van der Waals surface area contributed by atoms with E-state index in [9.17, 15) is 0 Å². The van der Waals surface area contributed by atoms with Crippen molar-refractivity contribution in [1.82, 2.24) is 10.6 Å². The molecule has 1 aromatic heterocycles. The lowest BCUT2D eigenvalue weighted by molar-refractivity contribution is 0.171. The maximum Gasteiger partial charge on any atom is 0.191 e. The van der Waals surface area contributed by atoms with Gasteiger partial charge in [0.05, 0.1) is 11.3 Å². The van der Waals surface area contributed by atoms with E-state index in [2.05, 4.69) is 15.6 Å². The van der Waals surface area contributed by atoms with Gasteiger partial charge in [-0.25, -0.2) is 0 Å². The summed E-state index contributed by atoms with van der Waals surface area (Å²) in [4.78, 5) is 4.22. The molecule has 0 bridgehead atoms. The lowest BCUT2D eigenvalue weighted by Crippen LogP contribution is -2.39. The quantitative estimate of drug-likeness (QED) is 0.610. The van der Waals surface area contributed by atoms with Crippen molar-refractivity contribution in [3.8, 4) is 11.5 Å². The fourth-order valence-electron chi connectivity index (χ4n) is 2.61. The molecule has 134 valence electrons. The minimum atomic E-state index is 0.535. The van der Waals surface area contributed by atoms with E-state index in [4.69, 9.17) is 25.5 Å². The number of hydrogen-bond acceptors (Lipinski definition) is 4. The third kappa shape index (κ3) is 4.82. The van der Waals surface area contributed by atoms with Crippen LogP contribution in [0.4, 0.5) is 0 Å². The first-order valence-electron chi connectivity index (χ1n) is 8.31. The number of halogens is 1. The van der Waals surface area contributed by atoms with E-state index < -0.39 is 0 Å². The van der Waals surface area contributed by atoms with E-state index in [1.807, 2.05) is 24.3 Å². The van der Waals surface area contributed by atoms with Gasteiger partial charge in [0, 0.05) is 26.6 Å². The van der Waals surface area contributed by atoms with Crippen LogP contribution < -0.4 is 20.1 Å². The number of hydrogen-bond donors (Lipinski definition) is 2. The Bertz CT molecular complexity index is 717. The van der Waals surface area contributed by atoms with Crippen LogP contribution in [0, 0.1) is 0 Å². The molecule has 1 aromatic carbocycles. The highest BCUT2D eigenvalue weighted by atomic mass is 35.5. The Morgan fingerprint density at radius 3 is 2.72 bits per heavy atom. The number of benzene rings is 1. The summed E-state index contributed by atoms with van der Waals surface area (Å²) in [5.74, 6) is 3.07. The second-order valence-electron chi connectivity index (χ2n) is 5.61. The SMILES string of the molecule is CN=C(NCCc1cc(Cl)c2c(c1)OCCO2)NCCc1ccco1. The van der Waals surface area contributed by atoms with Crippen molar-refractivity contribution in [2.24, 2.45) is 4.99 Å². The number of rotatable bonds is 6. The molecule has 2 N–H and O–H groups in total. The Labute approximate surface area is 152 Å². The molecule has 2 heterocycles. The standard InChI is InChI=1S/C18H22ClN3O3/c1-20-18(22-7-5-14-3-2-8-23-14)21-6-4-13-11-15(19)17-16(12-13)24-9-10-25-17/h2-3,8,11-12H,4-7,9-10H2,1H3,(H2,20,21,22). The third-order valence-electron chi connectivity index (χ3n) is 3.83. The Balaban J connectivity index is 1.45. The average Bonchev–Trinajstić information content (AvgIpc) is 3.14. The number of aliphatic imine (C=N–C) groups is 1. The average molecular weight is 364 g/mol. The number of nitrogens with one attached hydrogen (secondary N) is 2. The zero-order valence-corrected chi connectivity index (χ0v) is 14.9. The number of fused-ring (bicyclic) bond motifs is 1.